The molecule has 0 radical (unpaired) electrons. The number of benzene rings is 2. The Kier molecular flexibility index (Phi) is 5.32. The summed E-state index contributed by atoms with van der Waals surface area (Å²) in [6.07, 6.45) is 0. The van der Waals surface area contributed by atoms with Crippen molar-refractivity contribution in [1.82, 2.24) is 9.97 Å². The Bertz CT molecular complexity index is 1030. The molecule has 3 rings (SSSR count). The fraction of sp³-hybridized carbons (Fsp3) is 0.105. The van der Waals surface area contributed by atoms with Gasteiger partial charge >= 0.3 is 0 Å². The van der Waals surface area contributed by atoms with Crippen LogP contribution >= 0.6 is 11.6 Å². The first-order valence-corrected chi connectivity index (χ1v) is 8.35. The molecular weight excluding hydrogens is 374 g/mol. The van der Waals surface area contributed by atoms with Gasteiger partial charge in [0, 0.05) is 28.2 Å². The van der Waals surface area contributed by atoms with E-state index in [0.29, 0.717) is 16.4 Å². The van der Waals surface area contributed by atoms with Gasteiger partial charge in [0.1, 0.15) is 5.69 Å². The van der Waals surface area contributed by atoms with Crippen LogP contribution in [0.25, 0.3) is 0 Å². The predicted octanol–water partition coefficient (Wildman–Crippen LogP) is 5.02. The van der Waals surface area contributed by atoms with Crippen LogP contribution in [-0.4, -0.2) is 15.9 Å². The van der Waals surface area contributed by atoms with Crippen LogP contribution in [0.2, 0.25) is 5.02 Å². The van der Waals surface area contributed by atoms with Crippen LogP contribution in [0.5, 0.6) is 0 Å². The molecule has 8 heteroatoms. The summed E-state index contributed by atoms with van der Waals surface area (Å²) in [6.45, 7) is 3.56. The van der Waals surface area contributed by atoms with E-state index in [-0.39, 0.29) is 17.3 Å². The van der Waals surface area contributed by atoms with E-state index in [9.17, 15) is 13.6 Å². The fourth-order valence-electron chi connectivity index (χ4n) is 2.37. The first-order valence-electron chi connectivity index (χ1n) is 7.97. The summed E-state index contributed by atoms with van der Waals surface area (Å²) in [4.78, 5) is 20.9. The lowest BCUT2D eigenvalue weighted by Crippen LogP contribution is -2.16. The van der Waals surface area contributed by atoms with Gasteiger partial charge in [0.05, 0.1) is 0 Å². The summed E-state index contributed by atoms with van der Waals surface area (Å²) in [5, 5.41) is 6.10. The first-order chi connectivity index (χ1) is 12.8. The van der Waals surface area contributed by atoms with E-state index in [1.807, 2.05) is 13.0 Å². The van der Waals surface area contributed by atoms with E-state index in [1.165, 1.54) is 12.1 Å². The number of carbonyl (C=O) groups excluding carboxylic acids is 1. The maximum Gasteiger partial charge on any atom is 0.274 e. The number of hydrogen-bond acceptors (Lipinski definition) is 4. The molecule has 0 aliphatic heterocycles. The zero-order valence-corrected chi connectivity index (χ0v) is 15.2. The van der Waals surface area contributed by atoms with Crippen LogP contribution in [0.4, 0.5) is 26.1 Å². The van der Waals surface area contributed by atoms with Gasteiger partial charge in [0.2, 0.25) is 5.95 Å². The minimum absolute atomic E-state index is 0.0782. The van der Waals surface area contributed by atoms with E-state index in [0.717, 1.165) is 17.7 Å². The fourth-order valence-corrected chi connectivity index (χ4v) is 2.55. The molecule has 1 amide bonds. The quantitative estimate of drug-likeness (QED) is 0.658. The number of nitrogens with zero attached hydrogens (tertiary/aromatic N) is 2. The number of nitrogens with one attached hydrogen (secondary N) is 2. The molecule has 0 atom stereocenters. The lowest BCUT2D eigenvalue weighted by atomic mass is 10.2. The number of amides is 1. The average Bonchev–Trinajstić information content (AvgIpc) is 2.61. The number of rotatable bonds is 4. The van der Waals surface area contributed by atoms with Gasteiger partial charge in [-0.15, -0.1) is 0 Å². The summed E-state index contributed by atoms with van der Waals surface area (Å²) < 4.78 is 26.3. The second-order valence-electron chi connectivity index (χ2n) is 5.84. The number of anilines is 3. The number of carbonyl (C=O) groups is 1. The topological polar surface area (TPSA) is 66.9 Å². The normalized spacial score (nSPS) is 10.6. The van der Waals surface area contributed by atoms with Crippen LogP contribution in [0.3, 0.4) is 0 Å². The minimum atomic E-state index is -1.05. The molecule has 0 saturated carbocycles. The van der Waals surface area contributed by atoms with Crippen molar-refractivity contribution in [2.75, 3.05) is 10.6 Å². The molecule has 0 aliphatic rings. The number of hydrogen-bond donors (Lipinski definition) is 2. The van der Waals surface area contributed by atoms with Crippen LogP contribution in [0.1, 0.15) is 21.7 Å². The Morgan fingerprint density at radius 1 is 1.04 bits per heavy atom. The van der Waals surface area contributed by atoms with Gasteiger partial charge in [-0.2, -0.15) is 0 Å². The van der Waals surface area contributed by atoms with E-state index in [2.05, 4.69) is 20.6 Å². The van der Waals surface area contributed by atoms with Crippen LogP contribution in [0.15, 0.2) is 42.5 Å². The molecule has 2 aromatic carbocycles. The molecule has 2 N–H and O–H groups in total. The Morgan fingerprint density at radius 2 is 1.81 bits per heavy atom. The highest BCUT2D eigenvalue weighted by molar-refractivity contribution is 6.31. The number of aromatic nitrogens is 2. The van der Waals surface area contributed by atoms with E-state index in [1.54, 1.807) is 19.1 Å². The molecule has 3 aromatic rings. The highest BCUT2D eigenvalue weighted by Gasteiger charge is 2.13. The Morgan fingerprint density at radius 3 is 2.56 bits per heavy atom. The number of halogens is 3. The standard InChI is InChI=1S/C19H15ClF2N4O/c1-10-8-17(18(27)24-12-6-7-14(21)15(22)9-12)26-19(23-10)25-16-5-3-4-13(20)11(16)2/h3-9H,1-2H3,(H,24,27)(H,23,25,26). The summed E-state index contributed by atoms with van der Waals surface area (Å²) in [5.41, 5.74) is 2.28. The van der Waals surface area contributed by atoms with E-state index < -0.39 is 17.5 Å². The Balaban J connectivity index is 1.85. The van der Waals surface area contributed by atoms with Crippen LogP contribution in [0, 0.1) is 25.5 Å². The maximum atomic E-state index is 13.3. The second kappa shape index (κ2) is 7.67. The summed E-state index contributed by atoms with van der Waals surface area (Å²) in [7, 11) is 0. The van der Waals surface area contributed by atoms with Crippen molar-refractivity contribution in [2.45, 2.75) is 13.8 Å². The maximum absolute atomic E-state index is 13.3. The molecule has 138 valence electrons. The van der Waals surface area contributed by atoms with Gasteiger partial charge < -0.3 is 10.6 Å². The molecule has 1 aromatic heterocycles. The molecular formula is C19H15ClF2N4O. The van der Waals surface area contributed by atoms with Crippen LogP contribution < -0.4 is 10.6 Å². The van der Waals surface area contributed by atoms with E-state index >= 15 is 0 Å². The Labute approximate surface area is 159 Å². The Hall–Kier alpha value is -3.06. The molecule has 0 bridgehead atoms. The first kappa shape index (κ1) is 18.7. The molecule has 5 nitrogen and oxygen atoms in total. The van der Waals surface area contributed by atoms with Crippen molar-refractivity contribution in [3.63, 3.8) is 0 Å². The third-order valence-electron chi connectivity index (χ3n) is 3.78. The molecule has 0 spiro atoms. The van der Waals surface area contributed by atoms with Crippen molar-refractivity contribution in [3.05, 3.63) is 76.1 Å². The molecule has 27 heavy (non-hydrogen) atoms. The average molecular weight is 389 g/mol. The van der Waals surface area contributed by atoms with Gasteiger partial charge in [-0.1, -0.05) is 17.7 Å². The van der Waals surface area contributed by atoms with Gasteiger partial charge in [-0.05, 0) is 49.7 Å². The molecule has 0 saturated heterocycles. The molecule has 1 heterocycles. The lowest BCUT2D eigenvalue weighted by Gasteiger charge is -2.11. The monoisotopic (exact) mass is 388 g/mol. The van der Waals surface area contributed by atoms with Crippen molar-refractivity contribution in [3.8, 4) is 0 Å². The molecule has 0 unspecified atom stereocenters. The van der Waals surface area contributed by atoms with Crippen molar-refractivity contribution >= 4 is 34.8 Å². The largest absolute Gasteiger partial charge is 0.324 e. The smallest absolute Gasteiger partial charge is 0.274 e. The third kappa shape index (κ3) is 4.38. The second-order valence-corrected chi connectivity index (χ2v) is 6.25. The highest BCUT2D eigenvalue weighted by atomic mass is 35.5. The van der Waals surface area contributed by atoms with Gasteiger partial charge in [0.15, 0.2) is 11.6 Å². The predicted molar refractivity (Wildman–Crippen MR) is 101 cm³/mol. The van der Waals surface area contributed by atoms with Crippen molar-refractivity contribution in [2.24, 2.45) is 0 Å². The highest BCUT2D eigenvalue weighted by Crippen LogP contribution is 2.25. The van der Waals surface area contributed by atoms with Crippen molar-refractivity contribution in [1.29, 1.82) is 0 Å². The number of aryl methyl sites for hydroxylation is 1. The summed E-state index contributed by atoms with van der Waals surface area (Å²) in [6, 6.07) is 9.95. The summed E-state index contributed by atoms with van der Waals surface area (Å²) in [5.74, 6) is -2.40. The molecule has 0 fully saturated rings. The zero-order chi connectivity index (χ0) is 19.6. The molecule has 0 aliphatic carbocycles. The van der Waals surface area contributed by atoms with Crippen molar-refractivity contribution < 1.29 is 13.6 Å². The van der Waals surface area contributed by atoms with Gasteiger partial charge in [-0.25, -0.2) is 18.7 Å². The third-order valence-corrected chi connectivity index (χ3v) is 4.19. The van der Waals surface area contributed by atoms with Gasteiger partial charge in [-0.3, -0.25) is 4.79 Å². The SMILES string of the molecule is Cc1cc(C(=O)Nc2ccc(F)c(F)c2)nc(Nc2cccc(Cl)c2C)n1. The zero-order valence-electron chi connectivity index (χ0n) is 14.5. The minimum Gasteiger partial charge on any atom is -0.324 e. The van der Waals surface area contributed by atoms with Crippen LogP contribution in [-0.2, 0) is 0 Å². The van der Waals surface area contributed by atoms with Gasteiger partial charge in [0.25, 0.3) is 5.91 Å². The van der Waals surface area contributed by atoms with E-state index in [4.69, 9.17) is 11.6 Å². The lowest BCUT2D eigenvalue weighted by molar-refractivity contribution is 0.102. The summed E-state index contributed by atoms with van der Waals surface area (Å²) >= 11 is 6.10.